The van der Waals surface area contributed by atoms with Crippen molar-refractivity contribution in [3.8, 4) is 5.75 Å². The molecule has 126 valence electrons. The van der Waals surface area contributed by atoms with Crippen molar-refractivity contribution in [1.29, 1.82) is 0 Å². The highest BCUT2D eigenvalue weighted by atomic mass is 16.3. The summed E-state index contributed by atoms with van der Waals surface area (Å²) in [6.07, 6.45) is 6.55. The lowest BCUT2D eigenvalue weighted by atomic mass is 9.50. The number of carbonyl (C=O) groups is 1. The van der Waals surface area contributed by atoms with Crippen molar-refractivity contribution in [2.75, 3.05) is 0 Å². The quantitative estimate of drug-likeness (QED) is 0.783. The van der Waals surface area contributed by atoms with E-state index in [0.29, 0.717) is 0 Å². The molecule has 0 bridgehead atoms. The molecule has 1 amide bonds. The van der Waals surface area contributed by atoms with E-state index in [0.717, 1.165) is 56.1 Å². The van der Waals surface area contributed by atoms with E-state index in [4.69, 9.17) is 5.73 Å². The summed E-state index contributed by atoms with van der Waals surface area (Å²) in [5.41, 5.74) is 5.98. The number of rotatable bonds is 2. The lowest BCUT2D eigenvalue weighted by Gasteiger charge is -2.57. The molecular formula is C19H27NO3. The Balaban J connectivity index is 2.26. The number of amides is 1. The standard InChI is InChI=1S/C19H27NO3/c1-12-7-8-14(17(20)22)16(21)15(12)18-9-3-4-11-19(18,23)13(2)6-5-10-18/h7-8,13,21,23H,3-6,9-11H2,1-2H3,(H2,20,22)/t13-,18-,19+/m0/s1. The molecule has 4 nitrogen and oxygen atoms in total. The maximum absolute atomic E-state index is 11.7. The second-order valence-electron chi connectivity index (χ2n) is 7.52. The summed E-state index contributed by atoms with van der Waals surface area (Å²) in [5.74, 6) is -0.456. The van der Waals surface area contributed by atoms with Crippen molar-refractivity contribution in [2.45, 2.75) is 69.8 Å². The number of benzene rings is 1. The van der Waals surface area contributed by atoms with Crippen molar-refractivity contribution >= 4 is 5.91 Å². The van der Waals surface area contributed by atoms with Crippen LogP contribution in [0.4, 0.5) is 0 Å². The van der Waals surface area contributed by atoms with Gasteiger partial charge in [-0.15, -0.1) is 0 Å². The number of primary amides is 1. The number of hydrogen-bond acceptors (Lipinski definition) is 3. The largest absolute Gasteiger partial charge is 0.507 e. The number of aromatic hydroxyl groups is 1. The summed E-state index contributed by atoms with van der Waals surface area (Å²) < 4.78 is 0. The van der Waals surface area contributed by atoms with Crippen LogP contribution in [-0.4, -0.2) is 21.7 Å². The number of carbonyl (C=O) groups excluding carboxylic acids is 1. The van der Waals surface area contributed by atoms with Gasteiger partial charge in [-0.3, -0.25) is 4.79 Å². The summed E-state index contributed by atoms with van der Waals surface area (Å²) in [5, 5.41) is 22.4. The minimum atomic E-state index is -0.817. The highest BCUT2D eigenvalue weighted by Crippen LogP contribution is 2.59. The Labute approximate surface area is 137 Å². The number of fused-ring (bicyclic) bond motifs is 1. The molecule has 0 aliphatic heterocycles. The average Bonchev–Trinajstić information content (AvgIpc) is 2.48. The molecule has 4 heteroatoms. The molecule has 0 saturated heterocycles. The lowest BCUT2D eigenvalue weighted by Crippen LogP contribution is -2.60. The van der Waals surface area contributed by atoms with Gasteiger partial charge in [0.15, 0.2) is 0 Å². The molecule has 2 aliphatic rings. The van der Waals surface area contributed by atoms with E-state index in [-0.39, 0.29) is 17.2 Å². The summed E-state index contributed by atoms with van der Waals surface area (Å²) in [4.78, 5) is 11.7. The maximum Gasteiger partial charge on any atom is 0.252 e. The van der Waals surface area contributed by atoms with Gasteiger partial charge in [-0.2, -0.15) is 0 Å². The van der Waals surface area contributed by atoms with Gasteiger partial charge in [-0.25, -0.2) is 0 Å². The van der Waals surface area contributed by atoms with Crippen LogP contribution in [0.5, 0.6) is 5.75 Å². The molecule has 0 heterocycles. The van der Waals surface area contributed by atoms with Crippen LogP contribution in [0.25, 0.3) is 0 Å². The number of aryl methyl sites for hydroxylation is 1. The molecule has 2 aliphatic carbocycles. The summed E-state index contributed by atoms with van der Waals surface area (Å²) in [6, 6.07) is 3.43. The van der Waals surface area contributed by atoms with Gasteiger partial charge in [0.05, 0.1) is 11.2 Å². The van der Waals surface area contributed by atoms with Gasteiger partial charge in [0, 0.05) is 11.0 Å². The van der Waals surface area contributed by atoms with Crippen LogP contribution in [0.1, 0.15) is 73.4 Å². The van der Waals surface area contributed by atoms with Crippen molar-refractivity contribution in [3.63, 3.8) is 0 Å². The molecule has 23 heavy (non-hydrogen) atoms. The van der Waals surface area contributed by atoms with Crippen LogP contribution in [0.3, 0.4) is 0 Å². The van der Waals surface area contributed by atoms with Crippen LogP contribution < -0.4 is 5.73 Å². The van der Waals surface area contributed by atoms with Gasteiger partial charge in [0.1, 0.15) is 5.75 Å². The monoisotopic (exact) mass is 317 g/mol. The Morgan fingerprint density at radius 1 is 1.22 bits per heavy atom. The molecule has 0 radical (unpaired) electrons. The number of nitrogens with two attached hydrogens (primary N) is 1. The van der Waals surface area contributed by atoms with Gasteiger partial charge in [-0.1, -0.05) is 32.3 Å². The summed E-state index contributed by atoms with van der Waals surface area (Å²) in [7, 11) is 0. The van der Waals surface area contributed by atoms with Gasteiger partial charge in [-0.05, 0) is 50.2 Å². The Hall–Kier alpha value is -1.55. The van der Waals surface area contributed by atoms with E-state index in [9.17, 15) is 15.0 Å². The van der Waals surface area contributed by atoms with Crippen molar-refractivity contribution in [2.24, 2.45) is 11.7 Å². The third-order valence-electron chi connectivity index (χ3n) is 6.43. The van der Waals surface area contributed by atoms with E-state index in [2.05, 4.69) is 6.92 Å². The first-order chi connectivity index (χ1) is 10.8. The SMILES string of the molecule is Cc1ccc(C(N)=O)c(O)c1[C@@]12CCCC[C@@]1(O)[C@@H](C)CCC2. The number of aliphatic hydroxyl groups is 1. The van der Waals surface area contributed by atoms with Crippen LogP contribution >= 0.6 is 0 Å². The fourth-order valence-electron chi connectivity index (χ4n) is 5.25. The second kappa shape index (κ2) is 5.52. The Bertz CT molecular complexity index is 638. The van der Waals surface area contributed by atoms with Crippen molar-refractivity contribution < 1.29 is 15.0 Å². The second-order valence-corrected chi connectivity index (χ2v) is 7.52. The maximum atomic E-state index is 11.7. The van der Waals surface area contributed by atoms with E-state index >= 15 is 0 Å². The third-order valence-corrected chi connectivity index (χ3v) is 6.43. The Kier molecular flexibility index (Phi) is 3.91. The highest BCUT2D eigenvalue weighted by Gasteiger charge is 2.58. The first-order valence-corrected chi connectivity index (χ1v) is 8.69. The van der Waals surface area contributed by atoms with Crippen molar-refractivity contribution in [3.05, 3.63) is 28.8 Å². The topological polar surface area (TPSA) is 83.6 Å². The van der Waals surface area contributed by atoms with Gasteiger partial charge in [0.25, 0.3) is 5.91 Å². The Morgan fingerprint density at radius 2 is 1.87 bits per heavy atom. The molecule has 3 rings (SSSR count). The smallest absolute Gasteiger partial charge is 0.252 e. The highest BCUT2D eigenvalue weighted by molar-refractivity contribution is 5.96. The van der Waals surface area contributed by atoms with E-state index in [1.165, 1.54) is 0 Å². The minimum Gasteiger partial charge on any atom is -0.507 e. The van der Waals surface area contributed by atoms with Crippen LogP contribution in [0, 0.1) is 12.8 Å². The minimum absolute atomic E-state index is 0.0214. The third kappa shape index (κ3) is 2.18. The molecule has 2 fully saturated rings. The molecule has 0 spiro atoms. The van der Waals surface area contributed by atoms with E-state index in [1.54, 1.807) is 6.07 Å². The lowest BCUT2D eigenvalue weighted by molar-refractivity contribution is -0.133. The number of hydrogen-bond donors (Lipinski definition) is 3. The predicted octanol–water partition coefficient (Wildman–Crippen LogP) is 3.16. The van der Waals surface area contributed by atoms with Gasteiger partial charge in [0.2, 0.25) is 0 Å². The molecule has 3 atom stereocenters. The van der Waals surface area contributed by atoms with E-state index in [1.807, 2.05) is 13.0 Å². The summed E-state index contributed by atoms with van der Waals surface area (Å²) >= 11 is 0. The first-order valence-electron chi connectivity index (χ1n) is 8.69. The first kappa shape index (κ1) is 16.3. The molecule has 0 aromatic heterocycles. The Morgan fingerprint density at radius 3 is 2.57 bits per heavy atom. The zero-order valence-electron chi connectivity index (χ0n) is 14.1. The normalized spacial score (nSPS) is 34.0. The van der Waals surface area contributed by atoms with Gasteiger partial charge >= 0.3 is 0 Å². The fraction of sp³-hybridized carbons (Fsp3) is 0.632. The molecular weight excluding hydrogens is 290 g/mol. The van der Waals surface area contributed by atoms with Gasteiger partial charge < -0.3 is 15.9 Å². The molecule has 0 unspecified atom stereocenters. The molecule has 1 aromatic rings. The molecule has 2 saturated carbocycles. The van der Waals surface area contributed by atoms with E-state index < -0.39 is 16.9 Å². The fourth-order valence-corrected chi connectivity index (χ4v) is 5.25. The van der Waals surface area contributed by atoms with Crippen LogP contribution in [0.15, 0.2) is 12.1 Å². The summed E-state index contributed by atoms with van der Waals surface area (Å²) in [6.45, 7) is 4.06. The van der Waals surface area contributed by atoms with Crippen molar-refractivity contribution in [1.82, 2.24) is 0 Å². The van der Waals surface area contributed by atoms with Crippen LogP contribution in [0.2, 0.25) is 0 Å². The zero-order valence-corrected chi connectivity index (χ0v) is 14.1. The average molecular weight is 317 g/mol. The zero-order chi connectivity index (χ0) is 16.8. The molecule has 1 aromatic carbocycles. The van der Waals surface area contributed by atoms with Crippen LogP contribution in [-0.2, 0) is 5.41 Å². The molecule has 4 N–H and O–H groups in total. The number of phenols is 1. The predicted molar refractivity (Wildman–Crippen MR) is 89.5 cm³/mol.